The van der Waals surface area contributed by atoms with E-state index in [-0.39, 0.29) is 11.4 Å². The van der Waals surface area contributed by atoms with Crippen molar-refractivity contribution in [3.63, 3.8) is 0 Å². The van der Waals surface area contributed by atoms with Crippen molar-refractivity contribution >= 4 is 46.2 Å². The molecule has 4 rings (SSSR count). The molecule has 7 heteroatoms. The van der Waals surface area contributed by atoms with Crippen LogP contribution in [-0.4, -0.2) is 28.2 Å². The van der Waals surface area contributed by atoms with Gasteiger partial charge < -0.3 is 10.0 Å². The van der Waals surface area contributed by atoms with Crippen molar-refractivity contribution < 1.29 is 14.7 Å². The molecule has 1 aliphatic heterocycles. The largest absolute Gasteiger partial charge is 0.503 e. The van der Waals surface area contributed by atoms with Crippen LogP contribution in [0.3, 0.4) is 0 Å². The molecule has 1 amide bonds. The molecule has 4 nitrogen and oxygen atoms in total. The fourth-order valence-corrected chi connectivity index (χ4v) is 4.56. The van der Waals surface area contributed by atoms with Crippen molar-refractivity contribution in [3.05, 3.63) is 103 Å². The molecule has 152 valence electrons. The lowest BCUT2D eigenvalue weighted by molar-refractivity contribution is -0.129. The summed E-state index contributed by atoms with van der Waals surface area (Å²) >= 11 is 13.5. The average Bonchev–Trinajstić information content (AvgIpc) is 3.37. The number of hydrogen-bond donors (Lipinski definition) is 1. The zero-order chi connectivity index (χ0) is 21.3. The van der Waals surface area contributed by atoms with Crippen molar-refractivity contribution in [2.24, 2.45) is 0 Å². The Morgan fingerprint density at radius 1 is 1.03 bits per heavy atom. The van der Waals surface area contributed by atoms with Crippen LogP contribution >= 0.6 is 34.5 Å². The van der Waals surface area contributed by atoms with Crippen molar-refractivity contribution in [1.82, 2.24) is 4.90 Å². The lowest BCUT2D eigenvalue weighted by atomic mass is 9.95. The Hall–Kier alpha value is -2.60. The molecule has 0 spiro atoms. The van der Waals surface area contributed by atoms with Gasteiger partial charge >= 0.3 is 0 Å². The molecule has 2 aromatic carbocycles. The minimum absolute atomic E-state index is 0.0638. The van der Waals surface area contributed by atoms with E-state index < -0.39 is 17.7 Å². The minimum Gasteiger partial charge on any atom is -0.503 e. The third-order valence-electron chi connectivity index (χ3n) is 5.04. The van der Waals surface area contributed by atoms with Crippen molar-refractivity contribution in [2.75, 3.05) is 6.54 Å². The van der Waals surface area contributed by atoms with Crippen LogP contribution in [0.25, 0.3) is 0 Å². The van der Waals surface area contributed by atoms with Crippen LogP contribution in [-0.2, 0) is 11.2 Å². The number of carbonyl (C=O) groups is 2. The summed E-state index contributed by atoms with van der Waals surface area (Å²) in [5, 5.41) is 13.1. The second-order valence-corrected chi connectivity index (χ2v) is 8.64. The second kappa shape index (κ2) is 8.64. The number of halogens is 2. The van der Waals surface area contributed by atoms with Crippen molar-refractivity contribution in [2.45, 2.75) is 12.5 Å². The molecular weight excluding hydrogens is 441 g/mol. The van der Waals surface area contributed by atoms with Crippen LogP contribution in [0.1, 0.15) is 26.8 Å². The highest BCUT2D eigenvalue weighted by Gasteiger charge is 2.43. The molecule has 1 aliphatic rings. The molecule has 1 unspecified atom stereocenters. The van der Waals surface area contributed by atoms with E-state index in [9.17, 15) is 14.7 Å². The maximum Gasteiger partial charge on any atom is 0.290 e. The van der Waals surface area contributed by atoms with Crippen LogP contribution in [0.4, 0.5) is 0 Å². The molecule has 0 bridgehead atoms. The molecule has 0 saturated heterocycles. The minimum atomic E-state index is -0.745. The van der Waals surface area contributed by atoms with E-state index in [0.717, 1.165) is 5.56 Å². The van der Waals surface area contributed by atoms with Gasteiger partial charge in [0.25, 0.3) is 5.91 Å². The number of aliphatic hydroxyl groups is 1. The van der Waals surface area contributed by atoms with E-state index in [0.29, 0.717) is 33.5 Å². The lowest BCUT2D eigenvalue weighted by Gasteiger charge is -2.27. The Bertz CT molecular complexity index is 1130. The fourth-order valence-electron chi connectivity index (χ4n) is 3.58. The molecule has 1 N–H and O–H groups in total. The monoisotopic (exact) mass is 457 g/mol. The second-order valence-electron chi connectivity index (χ2n) is 6.88. The topological polar surface area (TPSA) is 57.6 Å². The van der Waals surface area contributed by atoms with E-state index in [1.807, 2.05) is 30.3 Å². The third-order valence-corrected chi connectivity index (χ3v) is 6.64. The first-order chi connectivity index (χ1) is 14.5. The summed E-state index contributed by atoms with van der Waals surface area (Å²) in [5.74, 6) is -1.45. The fraction of sp³-hybridized carbons (Fsp3) is 0.130. The predicted molar refractivity (Wildman–Crippen MR) is 119 cm³/mol. The lowest BCUT2D eigenvalue weighted by Crippen LogP contribution is -2.33. The van der Waals surface area contributed by atoms with Gasteiger partial charge in [-0.25, -0.2) is 0 Å². The number of ketones is 1. The number of thiophene rings is 1. The van der Waals surface area contributed by atoms with E-state index in [1.54, 1.807) is 35.7 Å². The molecule has 0 fully saturated rings. The molecule has 1 aromatic heterocycles. The Morgan fingerprint density at radius 3 is 2.47 bits per heavy atom. The normalized spacial score (nSPS) is 16.4. The molecule has 30 heavy (non-hydrogen) atoms. The summed E-state index contributed by atoms with van der Waals surface area (Å²) in [6.07, 6.45) is 0.582. The molecular formula is C23H17Cl2NO3S. The molecule has 2 heterocycles. The SMILES string of the molecule is O=C(C1=C(O)C(=O)N(CCc2ccccc2)C1c1ccc(Cl)c(Cl)c1)c1cccs1. The van der Waals surface area contributed by atoms with Gasteiger partial charge in [0.15, 0.2) is 5.76 Å². The molecule has 1 atom stereocenters. The number of nitrogens with zero attached hydrogens (tertiary/aromatic N) is 1. The maximum atomic E-state index is 13.2. The number of Topliss-reactive ketones (excluding diaryl/α,β-unsaturated/α-hetero) is 1. The van der Waals surface area contributed by atoms with Gasteiger partial charge in [-0.15, -0.1) is 11.3 Å². The first-order valence-corrected chi connectivity index (χ1v) is 10.9. The summed E-state index contributed by atoms with van der Waals surface area (Å²) in [6.45, 7) is 0.332. The van der Waals surface area contributed by atoms with Crippen LogP contribution in [0.5, 0.6) is 0 Å². The van der Waals surface area contributed by atoms with Gasteiger partial charge in [0.2, 0.25) is 5.78 Å². The highest BCUT2D eigenvalue weighted by atomic mass is 35.5. The summed E-state index contributed by atoms with van der Waals surface area (Å²) in [7, 11) is 0. The van der Waals surface area contributed by atoms with E-state index in [2.05, 4.69) is 0 Å². The van der Waals surface area contributed by atoms with Gasteiger partial charge in [0, 0.05) is 6.54 Å². The predicted octanol–water partition coefficient (Wildman–Crippen LogP) is 5.88. The smallest absolute Gasteiger partial charge is 0.290 e. The molecule has 0 radical (unpaired) electrons. The van der Waals surface area contributed by atoms with E-state index in [4.69, 9.17) is 23.2 Å². The quantitative estimate of drug-likeness (QED) is 0.470. The number of benzene rings is 2. The first kappa shape index (κ1) is 20.7. The third kappa shape index (κ3) is 3.88. The zero-order valence-electron chi connectivity index (χ0n) is 15.7. The summed E-state index contributed by atoms with van der Waals surface area (Å²) in [4.78, 5) is 28.1. The molecule has 3 aromatic rings. The Kier molecular flexibility index (Phi) is 5.95. The van der Waals surface area contributed by atoms with Gasteiger partial charge in [0.05, 0.1) is 26.5 Å². The van der Waals surface area contributed by atoms with E-state index >= 15 is 0 Å². The van der Waals surface area contributed by atoms with Gasteiger partial charge in [-0.3, -0.25) is 9.59 Å². The van der Waals surface area contributed by atoms with Crippen molar-refractivity contribution in [3.8, 4) is 0 Å². The number of amides is 1. The Labute approximate surface area is 188 Å². The molecule has 0 aliphatic carbocycles. The Morgan fingerprint density at radius 2 is 1.80 bits per heavy atom. The number of aliphatic hydroxyl groups excluding tert-OH is 1. The summed E-state index contributed by atoms with van der Waals surface area (Å²) < 4.78 is 0. The summed E-state index contributed by atoms with van der Waals surface area (Å²) in [6, 6.07) is 17.4. The zero-order valence-corrected chi connectivity index (χ0v) is 18.0. The Balaban J connectivity index is 1.74. The maximum absolute atomic E-state index is 13.2. The number of hydrogen-bond acceptors (Lipinski definition) is 4. The van der Waals surface area contributed by atoms with E-state index in [1.165, 1.54) is 16.2 Å². The summed E-state index contributed by atoms with van der Waals surface area (Å²) in [5.41, 5.74) is 1.74. The van der Waals surface area contributed by atoms with Crippen LogP contribution in [0.15, 0.2) is 77.4 Å². The average molecular weight is 458 g/mol. The van der Waals surface area contributed by atoms with Gasteiger partial charge in [-0.05, 0) is 41.1 Å². The number of rotatable bonds is 6. The van der Waals surface area contributed by atoms with Crippen LogP contribution in [0.2, 0.25) is 10.0 Å². The number of carbonyl (C=O) groups excluding carboxylic acids is 2. The van der Waals surface area contributed by atoms with Crippen LogP contribution in [0, 0.1) is 0 Å². The molecule has 0 saturated carbocycles. The van der Waals surface area contributed by atoms with Gasteiger partial charge in [-0.2, -0.15) is 0 Å². The van der Waals surface area contributed by atoms with Crippen LogP contribution < -0.4 is 0 Å². The van der Waals surface area contributed by atoms with Gasteiger partial charge in [-0.1, -0.05) is 65.7 Å². The standard InChI is InChI=1S/C23H17Cl2NO3S/c24-16-9-8-15(13-17(16)25)20-19(21(27)18-7-4-12-30-18)22(28)23(29)26(20)11-10-14-5-2-1-3-6-14/h1-9,12-13,20,28H,10-11H2. The highest BCUT2D eigenvalue weighted by Crippen LogP contribution is 2.41. The first-order valence-electron chi connectivity index (χ1n) is 9.28. The van der Waals surface area contributed by atoms with Crippen molar-refractivity contribution in [1.29, 1.82) is 0 Å². The highest BCUT2D eigenvalue weighted by molar-refractivity contribution is 7.12. The van der Waals surface area contributed by atoms with Gasteiger partial charge in [0.1, 0.15) is 0 Å².